The number of aromatic amines is 1. The van der Waals surface area contributed by atoms with Gasteiger partial charge >= 0.3 is 0 Å². The van der Waals surface area contributed by atoms with Gasteiger partial charge in [0.2, 0.25) is 0 Å². The summed E-state index contributed by atoms with van der Waals surface area (Å²) in [4.78, 5) is 27.8. The lowest BCUT2D eigenvalue weighted by Crippen LogP contribution is -2.30. The van der Waals surface area contributed by atoms with Gasteiger partial charge in [0.1, 0.15) is 11.0 Å². The van der Waals surface area contributed by atoms with E-state index < -0.39 is 0 Å². The molecule has 8 nitrogen and oxygen atoms in total. The summed E-state index contributed by atoms with van der Waals surface area (Å²) in [6, 6.07) is 6.52. The molecule has 0 aliphatic rings. The molecule has 0 radical (unpaired) electrons. The lowest BCUT2D eigenvalue weighted by atomic mass is 10.2. The van der Waals surface area contributed by atoms with E-state index in [1.165, 1.54) is 17.0 Å². The number of nitrogens with one attached hydrogen (secondary N) is 2. The number of carbonyl (C=O) groups is 1. The van der Waals surface area contributed by atoms with E-state index in [9.17, 15) is 9.59 Å². The first-order valence-corrected chi connectivity index (χ1v) is 6.75. The largest absolute Gasteiger partial charge is 0.350 e. The molecule has 0 aliphatic carbocycles. The SMILES string of the molecule is Cc1cc(=O)n(CCNC(=O)c2ccc3n[nH]nc3c2)cn1. The highest BCUT2D eigenvalue weighted by atomic mass is 16.1. The zero-order chi connectivity index (χ0) is 15.5. The second kappa shape index (κ2) is 5.76. The van der Waals surface area contributed by atoms with Crippen molar-refractivity contribution in [1.29, 1.82) is 0 Å². The van der Waals surface area contributed by atoms with Gasteiger partial charge in [0, 0.05) is 30.4 Å². The third kappa shape index (κ3) is 2.85. The van der Waals surface area contributed by atoms with Crippen LogP contribution in [0.15, 0.2) is 35.4 Å². The zero-order valence-electron chi connectivity index (χ0n) is 11.9. The van der Waals surface area contributed by atoms with Crippen LogP contribution >= 0.6 is 0 Å². The normalized spacial score (nSPS) is 10.8. The van der Waals surface area contributed by atoms with Crippen LogP contribution in [0.5, 0.6) is 0 Å². The Morgan fingerprint density at radius 1 is 1.27 bits per heavy atom. The Balaban J connectivity index is 1.63. The van der Waals surface area contributed by atoms with Crippen molar-refractivity contribution in [3.63, 3.8) is 0 Å². The first-order valence-electron chi connectivity index (χ1n) is 6.75. The van der Waals surface area contributed by atoms with Gasteiger partial charge in [-0.2, -0.15) is 15.4 Å². The molecule has 2 aromatic heterocycles. The summed E-state index contributed by atoms with van der Waals surface area (Å²) >= 11 is 0. The fourth-order valence-electron chi connectivity index (χ4n) is 2.06. The van der Waals surface area contributed by atoms with Crippen LogP contribution in [0.3, 0.4) is 0 Å². The number of H-pyrrole nitrogens is 1. The molecule has 2 N–H and O–H groups in total. The first-order chi connectivity index (χ1) is 10.6. The molecule has 2 heterocycles. The van der Waals surface area contributed by atoms with Crippen molar-refractivity contribution >= 4 is 16.9 Å². The summed E-state index contributed by atoms with van der Waals surface area (Å²) < 4.78 is 1.45. The lowest BCUT2D eigenvalue weighted by molar-refractivity contribution is 0.0952. The summed E-state index contributed by atoms with van der Waals surface area (Å²) in [6.07, 6.45) is 1.48. The number of carbonyl (C=O) groups excluding carboxylic acids is 1. The van der Waals surface area contributed by atoms with Gasteiger partial charge in [-0.15, -0.1) is 0 Å². The molecule has 0 fully saturated rings. The van der Waals surface area contributed by atoms with E-state index >= 15 is 0 Å². The summed E-state index contributed by atoms with van der Waals surface area (Å²) in [5.41, 5.74) is 2.37. The zero-order valence-corrected chi connectivity index (χ0v) is 11.9. The van der Waals surface area contributed by atoms with Crippen LogP contribution in [0.25, 0.3) is 11.0 Å². The maximum Gasteiger partial charge on any atom is 0.253 e. The Hall–Kier alpha value is -3.03. The molecule has 0 bridgehead atoms. The van der Waals surface area contributed by atoms with Gasteiger partial charge < -0.3 is 5.32 Å². The smallest absolute Gasteiger partial charge is 0.253 e. The van der Waals surface area contributed by atoms with Crippen LogP contribution in [0, 0.1) is 6.92 Å². The second-order valence-corrected chi connectivity index (χ2v) is 4.84. The molecule has 22 heavy (non-hydrogen) atoms. The number of benzene rings is 1. The van der Waals surface area contributed by atoms with Crippen molar-refractivity contribution in [3.8, 4) is 0 Å². The number of aryl methyl sites for hydroxylation is 1. The molecule has 3 rings (SSSR count). The Morgan fingerprint density at radius 2 is 2.09 bits per heavy atom. The lowest BCUT2D eigenvalue weighted by Gasteiger charge is -2.07. The monoisotopic (exact) mass is 298 g/mol. The Kier molecular flexibility index (Phi) is 3.65. The fraction of sp³-hybridized carbons (Fsp3) is 0.214. The summed E-state index contributed by atoms with van der Waals surface area (Å²) in [5.74, 6) is -0.224. The van der Waals surface area contributed by atoms with E-state index in [0.29, 0.717) is 35.4 Å². The molecule has 112 valence electrons. The van der Waals surface area contributed by atoms with Gasteiger partial charge in [-0.3, -0.25) is 14.2 Å². The molecule has 3 aromatic rings. The molecule has 1 aromatic carbocycles. The quantitative estimate of drug-likeness (QED) is 0.718. The average Bonchev–Trinajstić information content (AvgIpc) is 2.96. The molecule has 0 saturated heterocycles. The van der Waals surface area contributed by atoms with Crippen molar-refractivity contribution in [2.75, 3.05) is 6.54 Å². The van der Waals surface area contributed by atoms with Crippen LogP contribution in [-0.4, -0.2) is 37.4 Å². The maximum atomic E-state index is 12.1. The number of hydrogen-bond acceptors (Lipinski definition) is 5. The van der Waals surface area contributed by atoms with Gasteiger partial charge in [-0.25, -0.2) is 4.98 Å². The number of rotatable bonds is 4. The standard InChI is InChI=1S/C14H14N6O2/c1-9-6-13(21)20(8-16-9)5-4-15-14(22)10-2-3-11-12(7-10)18-19-17-11/h2-3,6-8H,4-5H2,1H3,(H,15,22)(H,17,18,19). The van der Waals surface area contributed by atoms with Crippen LogP contribution in [0.4, 0.5) is 0 Å². The van der Waals surface area contributed by atoms with E-state index in [4.69, 9.17) is 0 Å². The Morgan fingerprint density at radius 3 is 2.91 bits per heavy atom. The number of amides is 1. The predicted molar refractivity (Wildman–Crippen MR) is 79.5 cm³/mol. The number of nitrogens with zero attached hydrogens (tertiary/aromatic N) is 4. The molecule has 0 atom stereocenters. The van der Waals surface area contributed by atoms with Crippen molar-refractivity contribution in [1.82, 2.24) is 30.3 Å². The summed E-state index contributed by atoms with van der Waals surface area (Å²) in [7, 11) is 0. The van der Waals surface area contributed by atoms with Crippen molar-refractivity contribution in [3.05, 3.63) is 52.2 Å². The van der Waals surface area contributed by atoms with Crippen molar-refractivity contribution in [2.45, 2.75) is 13.5 Å². The number of hydrogen-bond donors (Lipinski definition) is 2. The van der Waals surface area contributed by atoms with E-state index in [2.05, 4.69) is 25.7 Å². The molecule has 0 aliphatic heterocycles. The molecule has 0 unspecified atom stereocenters. The molecule has 0 saturated carbocycles. The minimum Gasteiger partial charge on any atom is -0.350 e. The average molecular weight is 298 g/mol. The van der Waals surface area contributed by atoms with Gasteiger partial charge in [0.15, 0.2) is 0 Å². The highest BCUT2D eigenvalue weighted by Crippen LogP contribution is 2.10. The maximum absolute atomic E-state index is 12.1. The van der Waals surface area contributed by atoms with Crippen LogP contribution < -0.4 is 10.9 Å². The van der Waals surface area contributed by atoms with Crippen LogP contribution in [0.2, 0.25) is 0 Å². The molecule has 0 spiro atoms. The van der Waals surface area contributed by atoms with Crippen LogP contribution in [0.1, 0.15) is 16.1 Å². The minimum atomic E-state index is -0.224. The minimum absolute atomic E-state index is 0.134. The van der Waals surface area contributed by atoms with Crippen molar-refractivity contribution < 1.29 is 4.79 Å². The van der Waals surface area contributed by atoms with Crippen molar-refractivity contribution in [2.24, 2.45) is 0 Å². The molecule has 8 heteroatoms. The van der Waals surface area contributed by atoms with Gasteiger partial charge in [0.05, 0.1) is 6.33 Å². The molecular formula is C14H14N6O2. The third-order valence-electron chi connectivity index (χ3n) is 3.23. The highest BCUT2D eigenvalue weighted by molar-refractivity contribution is 5.97. The first kappa shape index (κ1) is 13.9. The fourth-order valence-corrected chi connectivity index (χ4v) is 2.06. The Bertz CT molecular complexity index is 882. The molecule has 1 amide bonds. The molecular weight excluding hydrogens is 284 g/mol. The van der Waals surface area contributed by atoms with Gasteiger partial charge in [-0.1, -0.05) is 0 Å². The predicted octanol–water partition coefficient (Wildman–Crippen LogP) is 0.253. The Labute approximate surface area is 125 Å². The second-order valence-electron chi connectivity index (χ2n) is 4.84. The van der Waals surface area contributed by atoms with E-state index in [0.717, 1.165) is 0 Å². The van der Waals surface area contributed by atoms with Crippen LogP contribution in [-0.2, 0) is 6.54 Å². The number of aromatic nitrogens is 5. The van der Waals surface area contributed by atoms with E-state index in [-0.39, 0.29) is 11.5 Å². The van der Waals surface area contributed by atoms with E-state index in [1.807, 2.05) is 0 Å². The summed E-state index contributed by atoms with van der Waals surface area (Å²) in [6.45, 7) is 2.46. The topological polar surface area (TPSA) is 106 Å². The number of fused-ring (bicyclic) bond motifs is 1. The highest BCUT2D eigenvalue weighted by Gasteiger charge is 2.07. The van der Waals surface area contributed by atoms with Gasteiger partial charge in [0.25, 0.3) is 11.5 Å². The van der Waals surface area contributed by atoms with E-state index in [1.54, 1.807) is 25.1 Å². The van der Waals surface area contributed by atoms with Gasteiger partial charge in [-0.05, 0) is 25.1 Å². The third-order valence-corrected chi connectivity index (χ3v) is 3.23. The summed E-state index contributed by atoms with van der Waals surface area (Å²) in [5, 5.41) is 13.1.